The number of unbranched alkanes of at least 4 members (excludes halogenated alkanes) is 2. The van der Waals surface area contributed by atoms with Gasteiger partial charge in [0.15, 0.2) is 0 Å². The first-order valence-electron chi connectivity index (χ1n) is 5.84. The molecule has 0 aromatic rings. The van der Waals surface area contributed by atoms with Gasteiger partial charge in [0.2, 0.25) is 0 Å². The van der Waals surface area contributed by atoms with Crippen LogP contribution in [0.3, 0.4) is 0 Å². The van der Waals surface area contributed by atoms with Crippen molar-refractivity contribution in [3.8, 4) is 0 Å². The van der Waals surface area contributed by atoms with Crippen molar-refractivity contribution in [3.63, 3.8) is 0 Å². The maximum absolute atomic E-state index is 9.08. The summed E-state index contributed by atoms with van der Waals surface area (Å²) in [5, 5.41) is 9.08. The average Bonchev–Trinajstić information content (AvgIpc) is 2.04. The molecule has 2 unspecified atom stereocenters. The summed E-state index contributed by atoms with van der Waals surface area (Å²) in [6.45, 7) is 6.46. The first-order chi connectivity index (χ1) is 6.16. The van der Waals surface area contributed by atoms with Gasteiger partial charge in [-0.1, -0.05) is 52.4 Å². The second-order valence-corrected chi connectivity index (χ2v) is 4.38. The Morgan fingerprint density at radius 2 is 1.54 bits per heavy atom. The minimum absolute atomic E-state index is 0.108. The highest BCUT2D eigenvalue weighted by molar-refractivity contribution is 4.56. The number of aliphatic hydroxyl groups excluding tert-OH is 1. The lowest BCUT2D eigenvalue weighted by Crippen LogP contribution is -2.01. The van der Waals surface area contributed by atoms with Crippen molar-refractivity contribution in [3.05, 3.63) is 0 Å². The Hall–Kier alpha value is -0.0400. The van der Waals surface area contributed by atoms with Gasteiger partial charge >= 0.3 is 0 Å². The van der Waals surface area contributed by atoms with Crippen molar-refractivity contribution in [2.45, 2.75) is 71.8 Å². The summed E-state index contributed by atoms with van der Waals surface area (Å²) in [4.78, 5) is 0. The number of aliphatic hydroxyl groups is 1. The highest BCUT2D eigenvalue weighted by Crippen LogP contribution is 2.16. The Balaban J connectivity index is 3.15. The molecule has 0 fully saturated rings. The lowest BCUT2D eigenvalue weighted by molar-refractivity contribution is 0.178. The van der Waals surface area contributed by atoms with Crippen LogP contribution in [-0.4, -0.2) is 11.2 Å². The average molecular weight is 186 g/mol. The third-order valence-corrected chi connectivity index (χ3v) is 2.62. The maximum atomic E-state index is 9.08. The van der Waals surface area contributed by atoms with Crippen molar-refractivity contribution in [1.29, 1.82) is 0 Å². The Bertz CT molecular complexity index is 99.3. The van der Waals surface area contributed by atoms with Crippen LogP contribution in [0.1, 0.15) is 65.7 Å². The minimum atomic E-state index is -0.108. The van der Waals surface area contributed by atoms with Crippen LogP contribution in [-0.2, 0) is 0 Å². The molecule has 1 N–H and O–H groups in total. The third kappa shape index (κ3) is 9.88. The Morgan fingerprint density at radius 1 is 0.923 bits per heavy atom. The molecule has 0 radical (unpaired) electrons. The smallest absolute Gasteiger partial charge is 0.0512 e. The molecule has 0 heterocycles. The van der Waals surface area contributed by atoms with E-state index in [4.69, 9.17) is 5.11 Å². The molecule has 0 bridgehead atoms. The van der Waals surface area contributed by atoms with E-state index in [0.29, 0.717) is 0 Å². The molecular formula is C12H26O. The maximum Gasteiger partial charge on any atom is 0.0512 e. The first-order valence-corrected chi connectivity index (χ1v) is 5.84. The summed E-state index contributed by atoms with van der Waals surface area (Å²) >= 11 is 0. The van der Waals surface area contributed by atoms with E-state index in [1.807, 2.05) is 6.92 Å². The van der Waals surface area contributed by atoms with E-state index >= 15 is 0 Å². The second-order valence-electron chi connectivity index (χ2n) is 4.38. The van der Waals surface area contributed by atoms with Crippen molar-refractivity contribution >= 4 is 0 Å². The molecule has 0 amide bonds. The van der Waals surface area contributed by atoms with Gasteiger partial charge < -0.3 is 5.11 Å². The summed E-state index contributed by atoms with van der Waals surface area (Å²) in [6.07, 6.45) is 8.78. The molecule has 2 atom stereocenters. The second kappa shape index (κ2) is 8.55. The zero-order valence-corrected chi connectivity index (χ0v) is 9.55. The molecule has 0 aliphatic heterocycles. The fourth-order valence-corrected chi connectivity index (χ4v) is 1.65. The molecule has 0 saturated heterocycles. The molecule has 1 nitrogen and oxygen atoms in total. The Morgan fingerprint density at radius 3 is 2.08 bits per heavy atom. The molecule has 13 heavy (non-hydrogen) atoms. The lowest BCUT2D eigenvalue weighted by Gasteiger charge is -2.11. The van der Waals surface area contributed by atoms with E-state index in [-0.39, 0.29) is 6.10 Å². The van der Waals surface area contributed by atoms with Crippen molar-refractivity contribution in [2.24, 2.45) is 5.92 Å². The minimum Gasteiger partial charge on any atom is -0.393 e. The van der Waals surface area contributed by atoms with E-state index in [2.05, 4.69) is 13.8 Å². The van der Waals surface area contributed by atoms with Crippen LogP contribution in [0, 0.1) is 5.92 Å². The van der Waals surface area contributed by atoms with Crippen LogP contribution in [0.5, 0.6) is 0 Å². The van der Waals surface area contributed by atoms with Gasteiger partial charge in [-0.3, -0.25) is 0 Å². The van der Waals surface area contributed by atoms with Crippen LogP contribution in [0.25, 0.3) is 0 Å². The summed E-state index contributed by atoms with van der Waals surface area (Å²) in [5.74, 6) is 0.852. The molecule has 0 aliphatic carbocycles. The zero-order valence-electron chi connectivity index (χ0n) is 9.55. The predicted octanol–water partition coefficient (Wildman–Crippen LogP) is 3.75. The number of hydrogen-bond donors (Lipinski definition) is 1. The van der Waals surface area contributed by atoms with Crippen LogP contribution in [0.4, 0.5) is 0 Å². The van der Waals surface area contributed by atoms with Gasteiger partial charge in [0.05, 0.1) is 6.10 Å². The van der Waals surface area contributed by atoms with E-state index in [0.717, 1.165) is 12.3 Å². The van der Waals surface area contributed by atoms with Crippen molar-refractivity contribution in [1.82, 2.24) is 0 Å². The summed E-state index contributed by atoms with van der Waals surface area (Å²) in [6, 6.07) is 0. The molecule has 0 aromatic heterocycles. The molecule has 80 valence electrons. The lowest BCUT2D eigenvalue weighted by atomic mass is 9.97. The molecule has 0 aromatic carbocycles. The summed E-state index contributed by atoms with van der Waals surface area (Å²) < 4.78 is 0. The van der Waals surface area contributed by atoms with E-state index in [1.54, 1.807) is 0 Å². The predicted molar refractivity (Wildman–Crippen MR) is 58.8 cm³/mol. The molecule has 0 saturated carbocycles. The van der Waals surface area contributed by atoms with Crippen LogP contribution in [0.15, 0.2) is 0 Å². The quantitative estimate of drug-likeness (QED) is 0.572. The largest absolute Gasteiger partial charge is 0.393 e. The number of hydrogen-bond acceptors (Lipinski definition) is 1. The fourth-order valence-electron chi connectivity index (χ4n) is 1.65. The summed E-state index contributed by atoms with van der Waals surface area (Å²) in [7, 11) is 0. The topological polar surface area (TPSA) is 20.2 Å². The van der Waals surface area contributed by atoms with Gasteiger partial charge in [-0.2, -0.15) is 0 Å². The molecule has 1 heteroatoms. The van der Waals surface area contributed by atoms with E-state index in [9.17, 15) is 0 Å². The van der Waals surface area contributed by atoms with Crippen LogP contribution in [0.2, 0.25) is 0 Å². The van der Waals surface area contributed by atoms with Gasteiger partial charge in [-0.05, 0) is 19.3 Å². The van der Waals surface area contributed by atoms with Gasteiger partial charge in [0.25, 0.3) is 0 Å². The molecule has 0 rings (SSSR count). The van der Waals surface area contributed by atoms with Crippen LogP contribution >= 0.6 is 0 Å². The normalized spacial score (nSPS) is 15.7. The SMILES string of the molecule is CCCCCC(C)CCCC(C)O. The monoisotopic (exact) mass is 186 g/mol. The fraction of sp³-hybridized carbons (Fsp3) is 1.00. The third-order valence-electron chi connectivity index (χ3n) is 2.62. The highest BCUT2D eigenvalue weighted by atomic mass is 16.3. The van der Waals surface area contributed by atoms with Crippen molar-refractivity contribution in [2.75, 3.05) is 0 Å². The molecule has 0 aliphatic rings. The highest BCUT2D eigenvalue weighted by Gasteiger charge is 2.02. The first kappa shape index (κ1) is 13.0. The Kier molecular flexibility index (Phi) is 8.53. The van der Waals surface area contributed by atoms with Gasteiger partial charge in [0.1, 0.15) is 0 Å². The van der Waals surface area contributed by atoms with Crippen LogP contribution < -0.4 is 0 Å². The van der Waals surface area contributed by atoms with Gasteiger partial charge in [-0.25, -0.2) is 0 Å². The number of rotatable bonds is 8. The van der Waals surface area contributed by atoms with E-state index < -0.39 is 0 Å². The molecular weight excluding hydrogens is 160 g/mol. The van der Waals surface area contributed by atoms with Gasteiger partial charge in [0, 0.05) is 0 Å². The van der Waals surface area contributed by atoms with E-state index in [1.165, 1.54) is 38.5 Å². The van der Waals surface area contributed by atoms with Gasteiger partial charge in [-0.15, -0.1) is 0 Å². The van der Waals surface area contributed by atoms with Crippen molar-refractivity contribution < 1.29 is 5.11 Å². The Labute approximate surface area is 83.5 Å². The molecule has 0 spiro atoms. The standard InChI is InChI=1S/C12H26O/c1-4-5-6-8-11(2)9-7-10-12(3)13/h11-13H,4-10H2,1-3H3. The summed E-state index contributed by atoms with van der Waals surface area (Å²) in [5.41, 5.74) is 0. The zero-order chi connectivity index (χ0) is 10.1.